The highest BCUT2D eigenvalue weighted by Gasteiger charge is 2.19. The molecule has 0 aromatic heterocycles. The average molecular weight is 1360 g/mol. The van der Waals surface area contributed by atoms with Gasteiger partial charge in [0, 0.05) is 39.7 Å². The van der Waals surface area contributed by atoms with E-state index in [0.717, 1.165) is 43.0 Å². The third-order valence-corrected chi connectivity index (χ3v) is 15.4. The van der Waals surface area contributed by atoms with E-state index >= 15 is 0 Å². The van der Waals surface area contributed by atoms with Gasteiger partial charge in [-0.3, -0.25) is 0 Å². The van der Waals surface area contributed by atoms with Gasteiger partial charge in [0.15, 0.2) is 0 Å². The molecule has 0 N–H and O–H groups in total. The number of benzene rings is 4. The van der Waals surface area contributed by atoms with Crippen molar-refractivity contribution in [2.45, 2.75) is 6.42 Å². The Labute approximate surface area is 311 Å². The monoisotopic (exact) mass is 1360 g/mol. The number of rotatable bonds is 4. The van der Waals surface area contributed by atoms with E-state index in [2.05, 4.69) is 205 Å². The minimum absolute atomic E-state index is 0.207. The lowest BCUT2D eigenvalue weighted by Crippen LogP contribution is -2.02. The summed E-state index contributed by atoms with van der Waals surface area (Å²) in [6.45, 7) is 0. The van der Waals surface area contributed by atoms with Gasteiger partial charge in [0.05, 0.1) is 0 Å². The second-order valence-electron chi connectivity index (χ2n) is 7.47. The lowest BCUT2D eigenvalue weighted by molar-refractivity contribution is 0.625. The fraction of sp³-hybridized carbons (Fsp3) is 0.0400. The van der Waals surface area contributed by atoms with Crippen molar-refractivity contribution in [3.8, 4) is 22.3 Å². The van der Waals surface area contributed by atoms with Crippen molar-refractivity contribution in [3.63, 3.8) is 0 Å². The van der Waals surface area contributed by atoms with Gasteiger partial charge in [0.2, 0.25) is 0 Å². The van der Waals surface area contributed by atoms with Gasteiger partial charge in [-0.05, 0) is 234 Å². The molecule has 0 spiro atoms. The molecule has 4 rings (SSSR count). The molecule has 0 unspecified atom stereocenters. The Morgan fingerprint density at radius 2 is 0.771 bits per heavy atom. The molecule has 0 amide bonds. The van der Waals surface area contributed by atoms with Crippen molar-refractivity contribution >= 4 is 181 Å². The Hall–Kier alpha value is 2.58. The van der Waals surface area contributed by atoms with Gasteiger partial charge in [-0.1, -0.05) is 24.3 Å². The first-order valence-corrected chi connectivity index (χ1v) is 18.4. The zero-order valence-electron chi connectivity index (χ0n) is 17.1. The van der Waals surface area contributed by atoms with Crippen molar-refractivity contribution in [3.05, 3.63) is 99.9 Å². The third-order valence-electron chi connectivity index (χ3n) is 5.26. The van der Waals surface area contributed by atoms with Crippen molar-refractivity contribution in [2.24, 2.45) is 0 Å². The second-order valence-corrected chi connectivity index (χ2v) is 16.4. The minimum Gasteiger partial charge on any atom is -0.207 e. The summed E-state index contributed by atoms with van der Waals surface area (Å²) in [5.41, 5.74) is 6.95. The van der Waals surface area contributed by atoms with Crippen LogP contribution < -0.4 is 0 Å². The van der Waals surface area contributed by atoms with Crippen LogP contribution in [0.5, 0.6) is 0 Å². The zero-order valence-corrected chi connectivity index (χ0v) is 34.4. The molecule has 4 aromatic rings. The fourth-order valence-corrected chi connectivity index (χ4v) is 11.1. The quantitative estimate of drug-likeness (QED) is 0.179. The van der Waals surface area contributed by atoms with E-state index in [0.29, 0.717) is 0 Å². The third kappa shape index (κ3) is 6.74. The van der Waals surface area contributed by atoms with Crippen LogP contribution in [0, 0.1) is 40.2 Å². The van der Waals surface area contributed by atoms with Crippen molar-refractivity contribution < 1.29 is 8.78 Å². The molecule has 0 fully saturated rings. The highest BCUT2D eigenvalue weighted by atomic mass is 127. The van der Waals surface area contributed by atoms with E-state index in [9.17, 15) is 8.78 Å². The Bertz CT molecular complexity index is 1330. The first-order chi connectivity index (χ1) is 16.5. The summed E-state index contributed by atoms with van der Waals surface area (Å²) in [7, 11) is 0. The minimum atomic E-state index is -0.207. The van der Waals surface area contributed by atoms with Gasteiger partial charge in [-0.15, -0.1) is 0 Å². The average Bonchev–Trinajstić information content (AvgIpc) is 2.76. The molecule has 35 heavy (non-hydrogen) atoms. The molecule has 0 heterocycles. The van der Waals surface area contributed by atoms with Gasteiger partial charge in [0.25, 0.3) is 0 Å². The van der Waals surface area contributed by atoms with Crippen LogP contribution in [-0.2, 0) is 6.42 Å². The maximum absolute atomic E-state index is 13.8. The Morgan fingerprint density at radius 1 is 0.457 bits per heavy atom. The summed E-state index contributed by atoms with van der Waals surface area (Å²) in [6.07, 6.45) is 0.818. The van der Waals surface area contributed by atoms with Crippen LogP contribution in [0.4, 0.5) is 8.78 Å². The van der Waals surface area contributed by atoms with Crippen LogP contribution in [0.25, 0.3) is 22.3 Å². The normalized spacial score (nSPS) is 11.3. The fourth-order valence-electron chi connectivity index (χ4n) is 3.64. The smallest absolute Gasteiger partial charge is 0.125 e. The van der Waals surface area contributed by atoms with Crippen LogP contribution in [-0.4, -0.2) is 0 Å². The molecule has 0 saturated carbocycles. The maximum atomic E-state index is 13.8. The topological polar surface area (TPSA) is 0 Å². The Morgan fingerprint density at radius 3 is 1.09 bits per heavy atom. The molecule has 0 aliphatic heterocycles. The van der Waals surface area contributed by atoms with E-state index < -0.39 is 0 Å². The highest BCUT2D eigenvalue weighted by Crippen LogP contribution is 2.40. The summed E-state index contributed by atoms with van der Waals surface area (Å²) in [5, 5.41) is 0. The standard InChI is InChI=1S/C25H10F2I8/c26-12-6-16(28)20(17(29)7-12)14-3-1-10(22(32)24(14)34)5-11-2-4-15(25(35)23(11)33)21-18(30)8-13(27)9-19(21)31/h1-4,6-9H,5H2. The molecule has 0 bridgehead atoms. The Balaban J connectivity index is 1.73. The summed E-state index contributed by atoms with van der Waals surface area (Å²) < 4.78 is 36.1. The van der Waals surface area contributed by atoms with Crippen LogP contribution in [0.2, 0.25) is 0 Å². The van der Waals surface area contributed by atoms with Crippen LogP contribution in [0.1, 0.15) is 11.1 Å². The summed E-state index contributed by atoms with van der Waals surface area (Å²) in [5.74, 6) is -0.414. The van der Waals surface area contributed by atoms with Crippen LogP contribution in [0.3, 0.4) is 0 Å². The molecule has 0 aliphatic rings. The van der Waals surface area contributed by atoms with E-state index in [4.69, 9.17) is 0 Å². The van der Waals surface area contributed by atoms with Gasteiger partial charge >= 0.3 is 0 Å². The zero-order chi connectivity index (χ0) is 25.6. The SMILES string of the molecule is Fc1cc(I)c(-c2ccc(Cc3ccc(-c4c(I)cc(F)cc4I)c(I)c3I)c(I)c2I)c(I)c1. The van der Waals surface area contributed by atoms with Gasteiger partial charge in [-0.2, -0.15) is 0 Å². The molecular formula is C25H10F2I8. The second kappa shape index (κ2) is 13.0. The lowest BCUT2D eigenvalue weighted by Gasteiger charge is -2.17. The van der Waals surface area contributed by atoms with Crippen molar-refractivity contribution in [1.82, 2.24) is 0 Å². The number of hydrogen-bond donors (Lipinski definition) is 0. The van der Waals surface area contributed by atoms with Crippen LogP contribution >= 0.6 is 181 Å². The summed E-state index contributed by atoms with van der Waals surface area (Å²) >= 11 is 18.6. The van der Waals surface area contributed by atoms with E-state index in [1.807, 2.05) is 0 Å². The summed E-state index contributed by atoms with van der Waals surface area (Å²) in [6, 6.07) is 15.1. The van der Waals surface area contributed by atoms with Crippen LogP contribution in [0.15, 0.2) is 48.5 Å². The van der Waals surface area contributed by atoms with Gasteiger partial charge in [0.1, 0.15) is 11.6 Å². The van der Waals surface area contributed by atoms with E-state index in [1.54, 1.807) is 24.3 Å². The number of hydrogen-bond acceptors (Lipinski definition) is 0. The molecule has 180 valence electrons. The molecule has 0 atom stereocenters. The number of halogens is 10. The highest BCUT2D eigenvalue weighted by molar-refractivity contribution is 14.1. The van der Waals surface area contributed by atoms with Crippen molar-refractivity contribution in [1.29, 1.82) is 0 Å². The first kappa shape index (κ1) is 30.5. The predicted molar refractivity (Wildman–Crippen MR) is 208 cm³/mol. The molecule has 4 aromatic carbocycles. The Kier molecular flexibility index (Phi) is 11.4. The molecule has 0 nitrogen and oxygen atoms in total. The first-order valence-electron chi connectivity index (χ1n) is 9.73. The largest absolute Gasteiger partial charge is 0.207 e. The molecule has 0 radical (unpaired) electrons. The lowest BCUT2D eigenvalue weighted by atomic mass is 9.98. The van der Waals surface area contributed by atoms with E-state index in [-0.39, 0.29) is 11.6 Å². The molecule has 10 heteroatoms. The van der Waals surface area contributed by atoms with Gasteiger partial charge in [-0.25, -0.2) is 8.78 Å². The van der Waals surface area contributed by atoms with Gasteiger partial charge < -0.3 is 0 Å². The molecule has 0 aliphatic carbocycles. The molecule has 0 saturated heterocycles. The molecular weight excluding hydrogens is 1350 g/mol. The predicted octanol–water partition coefficient (Wildman–Crippen LogP) is 11.7. The van der Waals surface area contributed by atoms with E-state index in [1.165, 1.54) is 25.4 Å². The summed E-state index contributed by atoms with van der Waals surface area (Å²) in [4.78, 5) is 0. The van der Waals surface area contributed by atoms with Crippen molar-refractivity contribution in [2.75, 3.05) is 0 Å². The maximum Gasteiger partial charge on any atom is 0.125 e.